The summed E-state index contributed by atoms with van der Waals surface area (Å²) in [4.78, 5) is 0.357. The SMILES string of the molecule is NC(=S)c1cccc(-c2cn(C3CCN(S(N)(=O)=O)CC3)c3cc(N)ccc23)c1. The van der Waals surface area contributed by atoms with Crippen molar-refractivity contribution in [1.29, 1.82) is 0 Å². The predicted octanol–water partition coefficient (Wildman–Crippen LogP) is 2.37. The molecule has 1 fully saturated rings. The molecular formula is C20H23N5O2S2. The lowest BCUT2D eigenvalue weighted by molar-refractivity contribution is 0.278. The first kappa shape index (κ1) is 19.8. The monoisotopic (exact) mass is 429 g/mol. The lowest BCUT2D eigenvalue weighted by Gasteiger charge is -2.31. The molecule has 2 heterocycles. The second-order valence-electron chi connectivity index (χ2n) is 7.35. The van der Waals surface area contributed by atoms with Crippen LogP contribution in [0.4, 0.5) is 5.69 Å². The highest BCUT2D eigenvalue weighted by atomic mass is 32.2. The minimum atomic E-state index is -3.65. The molecule has 0 aliphatic carbocycles. The highest BCUT2D eigenvalue weighted by molar-refractivity contribution is 7.86. The molecule has 7 nitrogen and oxygen atoms in total. The van der Waals surface area contributed by atoms with Crippen LogP contribution in [0, 0.1) is 0 Å². The second-order valence-corrected chi connectivity index (χ2v) is 9.33. The van der Waals surface area contributed by atoms with Gasteiger partial charge in [0.15, 0.2) is 0 Å². The third-order valence-corrected chi connectivity index (χ3v) is 6.81. The maximum Gasteiger partial charge on any atom is 0.276 e. The van der Waals surface area contributed by atoms with Crippen molar-refractivity contribution in [2.75, 3.05) is 18.8 Å². The van der Waals surface area contributed by atoms with Gasteiger partial charge in [0, 0.05) is 47.5 Å². The van der Waals surface area contributed by atoms with Crippen LogP contribution in [0.2, 0.25) is 0 Å². The standard InChI is InChI=1S/C20H23N5O2S2/c21-15-4-5-17-18(13-2-1-3-14(10-13)20(22)28)12-25(19(17)11-15)16-6-8-24(9-7-16)29(23,26)27/h1-5,10-12,16H,6-9,21H2,(H2,22,28)(H2,23,26,27). The summed E-state index contributed by atoms with van der Waals surface area (Å²) in [5.74, 6) is 0. The van der Waals surface area contributed by atoms with Crippen molar-refractivity contribution in [2.24, 2.45) is 10.9 Å². The quantitative estimate of drug-likeness (QED) is 0.434. The van der Waals surface area contributed by atoms with E-state index in [0.29, 0.717) is 36.6 Å². The molecule has 1 aromatic heterocycles. The van der Waals surface area contributed by atoms with Crippen LogP contribution < -0.4 is 16.6 Å². The van der Waals surface area contributed by atoms with Gasteiger partial charge in [0.1, 0.15) is 4.99 Å². The molecule has 152 valence electrons. The number of hydrogen-bond donors (Lipinski definition) is 3. The normalized spacial score (nSPS) is 16.3. The number of hydrogen-bond acceptors (Lipinski definition) is 4. The Labute approximate surface area is 175 Å². The third kappa shape index (κ3) is 3.86. The number of nitrogen functional groups attached to an aromatic ring is 1. The summed E-state index contributed by atoms with van der Waals surface area (Å²) in [7, 11) is -3.65. The molecule has 1 aliphatic heterocycles. The summed E-state index contributed by atoms with van der Waals surface area (Å²) in [5, 5.41) is 6.35. The minimum Gasteiger partial charge on any atom is -0.399 e. The van der Waals surface area contributed by atoms with Crippen molar-refractivity contribution in [3.8, 4) is 11.1 Å². The zero-order valence-corrected chi connectivity index (χ0v) is 17.4. The van der Waals surface area contributed by atoms with Gasteiger partial charge >= 0.3 is 0 Å². The molecule has 4 rings (SSSR count). The van der Waals surface area contributed by atoms with Crippen LogP contribution in [-0.4, -0.2) is 35.4 Å². The van der Waals surface area contributed by atoms with Gasteiger partial charge in [0.25, 0.3) is 10.2 Å². The van der Waals surface area contributed by atoms with Crippen LogP contribution in [-0.2, 0) is 10.2 Å². The smallest absolute Gasteiger partial charge is 0.276 e. The number of fused-ring (bicyclic) bond motifs is 1. The summed E-state index contributed by atoms with van der Waals surface area (Å²) in [6.07, 6.45) is 3.48. The molecule has 9 heteroatoms. The first-order valence-corrected chi connectivity index (χ1v) is 11.2. The molecule has 0 atom stereocenters. The van der Waals surface area contributed by atoms with E-state index in [0.717, 1.165) is 27.6 Å². The summed E-state index contributed by atoms with van der Waals surface area (Å²) >= 11 is 5.13. The zero-order valence-electron chi connectivity index (χ0n) is 15.8. The maximum absolute atomic E-state index is 11.6. The van der Waals surface area contributed by atoms with Crippen LogP contribution in [0.3, 0.4) is 0 Å². The van der Waals surface area contributed by atoms with Gasteiger partial charge in [-0.1, -0.05) is 36.5 Å². The molecule has 6 N–H and O–H groups in total. The Morgan fingerprint density at radius 3 is 2.48 bits per heavy atom. The van der Waals surface area contributed by atoms with E-state index in [1.165, 1.54) is 4.31 Å². The predicted molar refractivity (Wildman–Crippen MR) is 121 cm³/mol. The van der Waals surface area contributed by atoms with E-state index < -0.39 is 10.2 Å². The van der Waals surface area contributed by atoms with Crippen LogP contribution in [0.5, 0.6) is 0 Å². The molecule has 0 saturated carbocycles. The van der Waals surface area contributed by atoms with Crippen LogP contribution in [0.15, 0.2) is 48.7 Å². The summed E-state index contributed by atoms with van der Waals surface area (Å²) in [5.41, 5.74) is 16.5. The van der Waals surface area contributed by atoms with Crippen LogP contribution in [0.1, 0.15) is 24.4 Å². The average Bonchev–Trinajstić information content (AvgIpc) is 3.06. The van der Waals surface area contributed by atoms with Gasteiger partial charge in [0.2, 0.25) is 0 Å². The Morgan fingerprint density at radius 2 is 1.83 bits per heavy atom. The van der Waals surface area contributed by atoms with E-state index in [1.54, 1.807) is 0 Å². The first-order valence-electron chi connectivity index (χ1n) is 9.32. The van der Waals surface area contributed by atoms with E-state index in [9.17, 15) is 8.42 Å². The van der Waals surface area contributed by atoms with Crippen molar-refractivity contribution >= 4 is 44.0 Å². The van der Waals surface area contributed by atoms with Gasteiger partial charge in [-0.25, -0.2) is 5.14 Å². The fourth-order valence-electron chi connectivity index (χ4n) is 4.02. The number of rotatable bonds is 4. The van der Waals surface area contributed by atoms with E-state index in [1.807, 2.05) is 42.5 Å². The van der Waals surface area contributed by atoms with Crippen molar-refractivity contribution in [3.05, 3.63) is 54.2 Å². The Morgan fingerprint density at radius 1 is 1.10 bits per heavy atom. The fraction of sp³-hybridized carbons (Fsp3) is 0.250. The molecule has 0 radical (unpaired) electrons. The fourth-order valence-corrected chi connectivity index (χ4v) is 4.86. The number of nitrogens with two attached hydrogens (primary N) is 3. The van der Waals surface area contributed by atoms with Gasteiger partial charge in [-0.05, 0) is 36.6 Å². The third-order valence-electron chi connectivity index (χ3n) is 5.49. The molecule has 3 aromatic rings. The summed E-state index contributed by atoms with van der Waals surface area (Å²) in [6, 6.07) is 13.9. The van der Waals surface area contributed by atoms with Crippen LogP contribution in [0.25, 0.3) is 22.0 Å². The molecule has 29 heavy (non-hydrogen) atoms. The van der Waals surface area contributed by atoms with Gasteiger partial charge in [-0.3, -0.25) is 0 Å². The van der Waals surface area contributed by atoms with Crippen molar-refractivity contribution in [2.45, 2.75) is 18.9 Å². The number of thiocarbonyl (C=S) groups is 1. The number of benzene rings is 2. The van der Waals surface area contributed by atoms with E-state index in [2.05, 4.69) is 10.8 Å². The number of anilines is 1. The molecule has 0 amide bonds. The molecule has 0 unspecified atom stereocenters. The van der Waals surface area contributed by atoms with Crippen molar-refractivity contribution in [3.63, 3.8) is 0 Å². The van der Waals surface area contributed by atoms with E-state index in [4.69, 9.17) is 28.8 Å². The molecule has 0 spiro atoms. The molecule has 1 saturated heterocycles. The van der Waals surface area contributed by atoms with Crippen molar-refractivity contribution < 1.29 is 8.42 Å². The molecular weight excluding hydrogens is 406 g/mol. The van der Waals surface area contributed by atoms with E-state index in [-0.39, 0.29) is 6.04 Å². The lowest BCUT2D eigenvalue weighted by atomic mass is 10.0. The van der Waals surface area contributed by atoms with Gasteiger partial charge in [0.05, 0.1) is 5.52 Å². The second kappa shape index (κ2) is 7.42. The Hall–Kier alpha value is -2.46. The maximum atomic E-state index is 11.6. The Kier molecular flexibility index (Phi) is 5.07. The van der Waals surface area contributed by atoms with Crippen LogP contribution >= 0.6 is 12.2 Å². The largest absolute Gasteiger partial charge is 0.399 e. The Bertz CT molecular complexity index is 1190. The molecule has 2 aromatic carbocycles. The van der Waals surface area contributed by atoms with Crippen molar-refractivity contribution in [1.82, 2.24) is 8.87 Å². The number of aromatic nitrogens is 1. The summed E-state index contributed by atoms with van der Waals surface area (Å²) in [6.45, 7) is 0.801. The number of piperidine rings is 1. The van der Waals surface area contributed by atoms with Gasteiger partial charge < -0.3 is 16.0 Å². The first-order chi connectivity index (χ1) is 13.7. The number of nitrogens with zero attached hydrogens (tertiary/aromatic N) is 2. The molecule has 1 aliphatic rings. The lowest BCUT2D eigenvalue weighted by Crippen LogP contribution is -2.42. The van der Waals surface area contributed by atoms with E-state index >= 15 is 0 Å². The summed E-state index contributed by atoms with van der Waals surface area (Å²) < 4.78 is 26.8. The average molecular weight is 430 g/mol. The minimum absolute atomic E-state index is 0.157. The topological polar surface area (TPSA) is 120 Å². The Balaban J connectivity index is 1.77. The highest BCUT2D eigenvalue weighted by Crippen LogP contribution is 2.36. The highest BCUT2D eigenvalue weighted by Gasteiger charge is 2.27. The van der Waals surface area contributed by atoms with Gasteiger partial charge in [-0.15, -0.1) is 0 Å². The van der Waals surface area contributed by atoms with Gasteiger partial charge in [-0.2, -0.15) is 12.7 Å². The molecule has 0 bridgehead atoms. The zero-order chi connectivity index (χ0) is 20.8.